The number of carboxylic acids is 1. The lowest BCUT2D eigenvalue weighted by Crippen LogP contribution is -2.28. The maximum absolute atomic E-state index is 13.3. The molecule has 0 saturated carbocycles. The van der Waals surface area contributed by atoms with Crippen molar-refractivity contribution < 1.29 is 14.3 Å². The summed E-state index contributed by atoms with van der Waals surface area (Å²) in [5.41, 5.74) is 1.54. The molecule has 0 aliphatic rings. The van der Waals surface area contributed by atoms with Gasteiger partial charge in [0, 0.05) is 18.7 Å². The molecule has 4 heteroatoms. The van der Waals surface area contributed by atoms with E-state index in [1.54, 1.807) is 6.07 Å². The van der Waals surface area contributed by atoms with Crippen molar-refractivity contribution in [2.45, 2.75) is 39.3 Å². The molecule has 0 aliphatic carbocycles. The minimum atomic E-state index is -1.03. The fourth-order valence-corrected chi connectivity index (χ4v) is 2.09. The molecule has 0 radical (unpaired) electrons. The van der Waals surface area contributed by atoms with E-state index in [1.807, 2.05) is 7.05 Å². The molecule has 1 aromatic carbocycles. The van der Waals surface area contributed by atoms with E-state index < -0.39 is 5.97 Å². The van der Waals surface area contributed by atoms with Crippen LogP contribution >= 0.6 is 0 Å². The largest absolute Gasteiger partial charge is 0.478 e. The van der Waals surface area contributed by atoms with E-state index in [1.165, 1.54) is 18.2 Å². The average Bonchev–Trinajstić information content (AvgIpc) is 2.39. The van der Waals surface area contributed by atoms with Crippen LogP contribution in [-0.4, -0.2) is 29.1 Å². The maximum atomic E-state index is 13.3. The van der Waals surface area contributed by atoms with E-state index >= 15 is 0 Å². The molecule has 3 nitrogen and oxygen atoms in total. The van der Waals surface area contributed by atoms with Crippen molar-refractivity contribution in [3.05, 3.63) is 41.2 Å². The van der Waals surface area contributed by atoms with Crippen LogP contribution in [0.3, 0.4) is 0 Å². The molecule has 20 heavy (non-hydrogen) atoms. The van der Waals surface area contributed by atoms with Crippen LogP contribution in [0.25, 0.3) is 6.08 Å². The van der Waals surface area contributed by atoms with Crippen LogP contribution in [0.1, 0.15) is 37.8 Å². The van der Waals surface area contributed by atoms with Gasteiger partial charge in [-0.05, 0) is 49.7 Å². The Bertz CT molecular complexity index is 485. The molecule has 0 bridgehead atoms. The summed E-state index contributed by atoms with van der Waals surface area (Å²) in [7, 11) is 2.02. The first kappa shape index (κ1) is 16.4. The monoisotopic (exact) mass is 279 g/mol. The van der Waals surface area contributed by atoms with Gasteiger partial charge in [-0.1, -0.05) is 19.4 Å². The normalized spacial score (nSPS) is 13.1. The van der Waals surface area contributed by atoms with Crippen molar-refractivity contribution in [2.75, 3.05) is 7.05 Å². The predicted octanol–water partition coefficient (Wildman–Crippen LogP) is 3.54. The average molecular weight is 279 g/mol. The van der Waals surface area contributed by atoms with E-state index in [-0.39, 0.29) is 5.82 Å². The van der Waals surface area contributed by atoms with Crippen molar-refractivity contribution in [3.8, 4) is 0 Å². The first-order valence-corrected chi connectivity index (χ1v) is 6.83. The molecule has 1 N–H and O–H groups in total. The minimum Gasteiger partial charge on any atom is -0.478 e. The summed E-state index contributed by atoms with van der Waals surface area (Å²) in [5, 5.41) is 8.68. The molecule has 0 aromatic heterocycles. The number of halogens is 1. The first-order chi connectivity index (χ1) is 9.43. The lowest BCUT2D eigenvalue weighted by molar-refractivity contribution is -0.131. The van der Waals surface area contributed by atoms with Gasteiger partial charge >= 0.3 is 5.97 Å². The Balaban J connectivity index is 2.91. The van der Waals surface area contributed by atoms with E-state index in [4.69, 9.17) is 5.11 Å². The summed E-state index contributed by atoms with van der Waals surface area (Å²) in [4.78, 5) is 12.8. The zero-order valence-electron chi connectivity index (χ0n) is 12.3. The van der Waals surface area contributed by atoms with Crippen molar-refractivity contribution in [2.24, 2.45) is 0 Å². The van der Waals surface area contributed by atoms with Crippen LogP contribution in [0.5, 0.6) is 0 Å². The molecular weight excluding hydrogens is 257 g/mol. The summed E-state index contributed by atoms with van der Waals surface area (Å²) in [6.07, 6.45) is 4.69. The third kappa shape index (κ3) is 5.13. The summed E-state index contributed by atoms with van der Waals surface area (Å²) in [5.74, 6) is -1.39. The van der Waals surface area contributed by atoms with Crippen LogP contribution in [0, 0.1) is 5.82 Å². The number of benzene rings is 1. The van der Waals surface area contributed by atoms with Gasteiger partial charge in [-0.2, -0.15) is 0 Å². The highest BCUT2D eigenvalue weighted by molar-refractivity contribution is 5.85. The summed E-state index contributed by atoms with van der Waals surface area (Å²) < 4.78 is 13.3. The molecule has 0 amide bonds. The number of hydrogen-bond donors (Lipinski definition) is 1. The fraction of sp³-hybridized carbons (Fsp3) is 0.438. The quantitative estimate of drug-likeness (QED) is 0.776. The Morgan fingerprint density at radius 3 is 2.80 bits per heavy atom. The SMILES string of the molecule is CCCC(C)N(C)Cc1ccc(F)cc1C=CC(=O)O. The topological polar surface area (TPSA) is 40.5 Å². The standard InChI is InChI=1S/C16H22FNO2/c1-4-5-12(2)18(3)11-14-6-8-15(17)10-13(14)7-9-16(19)20/h6-10,12H,4-5,11H2,1-3H3,(H,19,20). The first-order valence-electron chi connectivity index (χ1n) is 6.83. The van der Waals surface area contributed by atoms with Crippen molar-refractivity contribution in [3.63, 3.8) is 0 Å². The fourth-order valence-electron chi connectivity index (χ4n) is 2.09. The highest BCUT2D eigenvalue weighted by Gasteiger charge is 2.11. The van der Waals surface area contributed by atoms with Gasteiger partial charge < -0.3 is 5.11 Å². The van der Waals surface area contributed by atoms with Gasteiger partial charge in [-0.3, -0.25) is 4.90 Å². The Hall–Kier alpha value is -1.68. The Morgan fingerprint density at radius 2 is 2.20 bits per heavy atom. The van der Waals surface area contributed by atoms with Gasteiger partial charge in [-0.15, -0.1) is 0 Å². The van der Waals surface area contributed by atoms with Crippen LogP contribution in [-0.2, 0) is 11.3 Å². The molecule has 0 aliphatic heterocycles. The van der Waals surface area contributed by atoms with Gasteiger partial charge in [0.25, 0.3) is 0 Å². The second-order valence-corrected chi connectivity index (χ2v) is 5.07. The number of rotatable bonds is 7. The number of carbonyl (C=O) groups is 1. The third-order valence-electron chi connectivity index (χ3n) is 3.39. The van der Waals surface area contributed by atoms with Gasteiger partial charge in [0.15, 0.2) is 0 Å². The van der Waals surface area contributed by atoms with E-state index in [2.05, 4.69) is 18.7 Å². The van der Waals surface area contributed by atoms with Crippen LogP contribution in [0.4, 0.5) is 4.39 Å². The van der Waals surface area contributed by atoms with Crippen molar-refractivity contribution >= 4 is 12.0 Å². The second kappa shape index (κ2) is 7.80. The molecule has 1 aromatic rings. The summed E-state index contributed by atoms with van der Waals surface area (Å²) in [6.45, 7) is 4.96. The predicted molar refractivity (Wildman–Crippen MR) is 78.9 cm³/mol. The Kier molecular flexibility index (Phi) is 6.39. The number of carboxylic acid groups (broad SMARTS) is 1. The maximum Gasteiger partial charge on any atom is 0.328 e. The molecule has 0 saturated heterocycles. The van der Waals surface area contributed by atoms with Crippen molar-refractivity contribution in [1.82, 2.24) is 4.90 Å². The molecule has 1 atom stereocenters. The highest BCUT2D eigenvalue weighted by atomic mass is 19.1. The summed E-state index contributed by atoms with van der Waals surface area (Å²) in [6, 6.07) is 4.92. The molecule has 110 valence electrons. The van der Waals surface area contributed by atoms with E-state index in [0.717, 1.165) is 24.5 Å². The minimum absolute atomic E-state index is 0.358. The summed E-state index contributed by atoms with van der Waals surface area (Å²) >= 11 is 0. The third-order valence-corrected chi connectivity index (χ3v) is 3.39. The molecule has 0 heterocycles. The second-order valence-electron chi connectivity index (χ2n) is 5.07. The number of aliphatic carboxylic acids is 1. The number of nitrogens with zero attached hydrogens (tertiary/aromatic N) is 1. The molecule has 0 fully saturated rings. The van der Waals surface area contributed by atoms with E-state index in [0.29, 0.717) is 18.2 Å². The highest BCUT2D eigenvalue weighted by Crippen LogP contribution is 2.17. The molecule has 0 spiro atoms. The zero-order valence-corrected chi connectivity index (χ0v) is 12.3. The van der Waals surface area contributed by atoms with Crippen LogP contribution in [0.15, 0.2) is 24.3 Å². The lowest BCUT2D eigenvalue weighted by atomic mass is 10.0. The van der Waals surface area contributed by atoms with E-state index in [9.17, 15) is 9.18 Å². The van der Waals surface area contributed by atoms with Gasteiger partial charge in [0.05, 0.1) is 0 Å². The lowest BCUT2D eigenvalue weighted by Gasteiger charge is -2.25. The van der Waals surface area contributed by atoms with Gasteiger partial charge in [-0.25, -0.2) is 9.18 Å². The molecule has 1 unspecified atom stereocenters. The van der Waals surface area contributed by atoms with Crippen molar-refractivity contribution in [1.29, 1.82) is 0 Å². The van der Waals surface area contributed by atoms with Gasteiger partial charge in [0.2, 0.25) is 0 Å². The van der Waals surface area contributed by atoms with Crippen LogP contribution < -0.4 is 0 Å². The van der Waals surface area contributed by atoms with Gasteiger partial charge in [0.1, 0.15) is 5.82 Å². The molecule has 1 rings (SSSR count). The molecular formula is C16H22FNO2. The van der Waals surface area contributed by atoms with Crippen LogP contribution in [0.2, 0.25) is 0 Å². The Morgan fingerprint density at radius 1 is 1.50 bits per heavy atom. The number of hydrogen-bond acceptors (Lipinski definition) is 2. The smallest absolute Gasteiger partial charge is 0.328 e. The Labute approximate surface area is 119 Å². The zero-order chi connectivity index (χ0) is 15.1.